The third-order valence-electron chi connectivity index (χ3n) is 2.47. The molecular formula is C12H29N5O2. The molecule has 7 heteroatoms. The number of carboxylic acid groups (broad SMARTS) is 1. The predicted octanol–water partition coefficient (Wildman–Crippen LogP) is -0.329. The number of nitrogens with zero attached hydrogens (tertiary/aromatic N) is 2. The van der Waals surface area contributed by atoms with Gasteiger partial charge in [0.2, 0.25) is 0 Å². The summed E-state index contributed by atoms with van der Waals surface area (Å²) < 4.78 is 0. The average Bonchev–Trinajstić information content (AvgIpc) is 2.33. The van der Waals surface area contributed by atoms with E-state index in [2.05, 4.69) is 10.3 Å². The van der Waals surface area contributed by atoms with Crippen molar-refractivity contribution in [3.8, 4) is 0 Å². The summed E-state index contributed by atoms with van der Waals surface area (Å²) in [5, 5.41) is 11.8. The van der Waals surface area contributed by atoms with Gasteiger partial charge in [-0.1, -0.05) is 13.8 Å². The smallest absolute Gasteiger partial charge is 0.320 e. The molecule has 0 aliphatic heterocycles. The monoisotopic (exact) mass is 275 g/mol. The molecule has 1 atom stereocenters. The van der Waals surface area contributed by atoms with E-state index in [1.54, 1.807) is 0 Å². The second-order valence-corrected chi connectivity index (χ2v) is 4.02. The van der Waals surface area contributed by atoms with Crippen molar-refractivity contribution >= 4 is 11.9 Å². The minimum Gasteiger partial charge on any atom is -0.480 e. The molecule has 0 aliphatic rings. The van der Waals surface area contributed by atoms with Crippen molar-refractivity contribution in [1.82, 2.24) is 10.2 Å². The fourth-order valence-electron chi connectivity index (χ4n) is 1.62. The molecule has 0 rings (SSSR count). The zero-order valence-corrected chi connectivity index (χ0v) is 12.5. The van der Waals surface area contributed by atoms with Gasteiger partial charge in [0.1, 0.15) is 6.04 Å². The maximum absolute atomic E-state index is 11.1. The van der Waals surface area contributed by atoms with Crippen molar-refractivity contribution in [3.05, 3.63) is 0 Å². The van der Waals surface area contributed by atoms with E-state index in [1.165, 1.54) is 0 Å². The van der Waals surface area contributed by atoms with Gasteiger partial charge in [0.05, 0.1) is 0 Å². The zero-order valence-electron chi connectivity index (χ0n) is 12.5. The summed E-state index contributed by atoms with van der Waals surface area (Å²) in [4.78, 5) is 16.8. The Morgan fingerprint density at radius 1 is 1.32 bits per heavy atom. The van der Waals surface area contributed by atoms with Gasteiger partial charge >= 0.3 is 5.97 Å². The van der Waals surface area contributed by atoms with E-state index in [0.29, 0.717) is 19.4 Å². The Labute approximate surface area is 116 Å². The van der Waals surface area contributed by atoms with Crippen LogP contribution in [0.5, 0.6) is 0 Å². The molecule has 0 amide bonds. The Bertz CT molecular complexity index is 251. The number of guanidine groups is 1. The highest BCUT2D eigenvalue weighted by atomic mass is 16.4. The minimum atomic E-state index is -0.784. The Hall–Kier alpha value is -1.34. The molecule has 6 N–H and O–H groups in total. The molecule has 0 bridgehead atoms. The fraction of sp³-hybridized carbons (Fsp3) is 0.833. The predicted molar refractivity (Wildman–Crippen MR) is 79.2 cm³/mol. The van der Waals surface area contributed by atoms with E-state index in [0.717, 1.165) is 13.1 Å². The highest BCUT2D eigenvalue weighted by molar-refractivity contribution is 5.75. The van der Waals surface area contributed by atoms with Crippen molar-refractivity contribution in [2.24, 2.45) is 16.5 Å². The number of hydrogen-bond donors (Lipinski definition) is 4. The first kappa shape index (κ1) is 20.0. The maximum Gasteiger partial charge on any atom is 0.320 e. The standard InChI is InChI=1S/C10H22N4O2.C2H7N/c1-3-14(4-2)8(9(15)16)6-5-7-13-10(11)12;1-3-2/h8H,3-7H2,1-2H3,(H,15,16)(H4,11,12,13);3H,1-2H3/t8-;/m0./s1. The van der Waals surface area contributed by atoms with Crippen LogP contribution in [0.3, 0.4) is 0 Å². The molecule has 0 aliphatic carbocycles. The largest absolute Gasteiger partial charge is 0.480 e. The molecular weight excluding hydrogens is 246 g/mol. The van der Waals surface area contributed by atoms with E-state index in [4.69, 9.17) is 16.6 Å². The number of hydrogen-bond acceptors (Lipinski definition) is 4. The Morgan fingerprint density at radius 3 is 2.11 bits per heavy atom. The molecule has 114 valence electrons. The van der Waals surface area contributed by atoms with Crippen LogP contribution in [0.15, 0.2) is 4.99 Å². The SMILES string of the molecule is CCN(CC)[C@@H](CCCN=C(N)N)C(=O)O.CNC. The number of nitrogens with one attached hydrogen (secondary N) is 1. The number of rotatable bonds is 8. The number of nitrogens with two attached hydrogens (primary N) is 2. The van der Waals surface area contributed by atoms with Gasteiger partial charge < -0.3 is 21.9 Å². The van der Waals surface area contributed by atoms with Gasteiger partial charge in [-0.05, 0) is 40.0 Å². The normalized spacial score (nSPS) is 11.4. The van der Waals surface area contributed by atoms with Crippen LogP contribution in [0, 0.1) is 0 Å². The van der Waals surface area contributed by atoms with Crippen molar-refractivity contribution in [2.75, 3.05) is 33.7 Å². The van der Waals surface area contributed by atoms with Crippen molar-refractivity contribution in [1.29, 1.82) is 0 Å². The number of likely N-dealkylation sites (N-methyl/N-ethyl adjacent to an activating group) is 1. The van der Waals surface area contributed by atoms with Gasteiger partial charge in [0.25, 0.3) is 0 Å². The summed E-state index contributed by atoms with van der Waals surface area (Å²) >= 11 is 0. The van der Waals surface area contributed by atoms with E-state index in [9.17, 15) is 4.79 Å². The molecule has 0 saturated heterocycles. The molecule has 0 radical (unpaired) electrons. The fourth-order valence-corrected chi connectivity index (χ4v) is 1.62. The number of aliphatic carboxylic acids is 1. The number of carbonyl (C=O) groups is 1. The molecule has 7 nitrogen and oxygen atoms in total. The van der Waals surface area contributed by atoms with Crippen LogP contribution in [0.2, 0.25) is 0 Å². The second kappa shape index (κ2) is 13.1. The quantitative estimate of drug-likeness (QED) is 0.274. The van der Waals surface area contributed by atoms with E-state index >= 15 is 0 Å². The van der Waals surface area contributed by atoms with Crippen LogP contribution in [0.25, 0.3) is 0 Å². The third kappa shape index (κ3) is 11.5. The Balaban J connectivity index is 0. The first-order valence-corrected chi connectivity index (χ1v) is 6.55. The zero-order chi connectivity index (χ0) is 15.3. The third-order valence-corrected chi connectivity index (χ3v) is 2.47. The van der Waals surface area contributed by atoms with Crippen LogP contribution < -0.4 is 16.8 Å². The van der Waals surface area contributed by atoms with Gasteiger partial charge in [0.15, 0.2) is 5.96 Å². The summed E-state index contributed by atoms with van der Waals surface area (Å²) in [5.41, 5.74) is 10.4. The minimum absolute atomic E-state index is 0.0507. The molecule has 19 heavy (non-hydrogen) atoms. The van der Waals surface area contributed by atoms with Crippen molar-refractivity contribution < 1.29 is 9.90 Å². The van der Waals surface area contributed by atoms with E-state index < -0.39 is 12.0 Å². The summed E-state index contributed by atoms with van der Waals surface area (Å²) in [5.74, 6) is -0.733. The molecule has 0 aromatic carbocycles. The number of carboxylic acids is 1. The van der Waals surface area contributed by atoms with Gasteiger partial charge in [-0.15, -0.1) is 0 Å². The topological polar surface area (TPSA) is 117 Å². The van der Waals surface area contributed by atoms with Crippen molar-refractivity contribution in [2.45, 2.75) is 32.7 Å². The molecule has 0 unspecified atom stereocenters. The molecule has 0 aromatic rings. The molecule has 0 fully saturated rings. The summed E-state index contributed by atoms with van der Waals surface area (Å²) in [6, 6.07) is -0.441. The van der Waals surface area contributed by atoms with Gasteiger partial charge in [-0.2, -0.15) is 0 Å². The van der Waals surface area contributed by atoms with Crippen LogP contribution >= 0.6 is 0 Å². The van der Waals surface area contributed by atoms with E-state index in [1.807, 2.05) is 32.8 Å². The Morgan fingerprint density at radius 2 is 1.79 bits per heavy atom. The summed E-state index contributed by atoms with van der Waals surface area (Å²) in [6.07, 6.45) is 1.24. The van der Waals surface area contributed by atoms with Crippen LogP contribution in [-0.4, -0.2) is 61.7 Å². The highest BCUT2D eigenvalue weighted by Gasteiger charge is 2.22. The van der Waals surface area contributed by atoms with Gasteiger partial charge in [-0.25, -0.2) is 0 Å². The molecule has 0 aromatic heterocycles. The van der Waals surface area contributed by atoms with Crippen LogP contribution in [-0.2, 0) is 4.79 Å². The van der Waals surface area contributed by atoms with Gasteiger partial charge in [-0.3, -0.25) is 14.7 Å². The lowest BCUT2D eigenvalue weighted by atomic mass is 10.1. The lowest BCUT2D eigenvalue weighted by Crippen LogP contribution is -2.41. The Kier molecular flexibility index (Phi) is 13.8. The van der Waals surface area contributed by atoms with Crippen LogP contribution in [0.1, 0.15) is 26.7 Å². The van der Waals surface area contributed by atoms with Crippen LogP contribution in [0.4, 0.5) is 0 Å². The first-order valence-electron chi connectivity index (χ1n) is 6.55. The second-order valence-electron chi connectivity index (χ2n) is 4.02. The van der Waals surface area contributed by atoms with E-state index in [-0.39, 0.29) is 5.96 Å². The molecule has 0 heterocycles. The summed E-state index contributed by atoms with van der Waals surface area (Å²) in [7, 11) is 3.75. The summed E-state index contributed by atoms with van der Waals surface area (Å²) in [6.45, 7) is 5.85. The molecule has 0 saturated carbocycles. The lowest BCUT2D eigenvalue weighted by Gasteiger charge is -2.25. The highest BCUT2D eigenvalue weighted by Crippen LogP contribution is 2.07. The maximum atomic E-state index is 11.1. The first-order chi connectivity index (χ1) is 8.94. The number of aliphatic imine (C=N–C) groups is 1. The average molecular weight is 275 g/mol. The lowest BCUT2D eigenvalue weighted by molar-refractivity contribution is -0.143. The van der Waals surface area contributed by atoms with Crippen molar-refractivity contribution in [3.63, 3.8) is 0 Å². The molecule has 0 spiro atoms. The van der Waals surface area contributed by atoms with Gasteiger partial charge in [0, 0.05) is 6.54 Å².